The standard InChI is InChI=1S/C11H16N2O3/c1-9-4-5-11(10(8-9)13(14)15)16-7-6-12(2)3/h4-5,8H,6-7H2,1-3H3/p+1. The highest BCUT2D eigenvalue weighted by Gasteiger charge is 2.14. The van der Waals surface area contributed by atoms with Gasteiger partial charge in [-0.05, 0) is 18.6 Å². The van der Waals surface area contributed by atoms with Gasteiger partial charge in [-0.25, -0.2) is 0 Å². The first-order valence-corrected chi connectivity index (χ1v) is 5.17. The second-order valence-electron chi connectivity index (χ2n) is 4.03. The number of quaternary nitrogens is 1. The Bertz CT molecular complexity index is 377. The molecule has 0 saturated heterocycles. The summed E-state index contributed by atoms with van der Waals surface area (Å²) in [5.41, 5.74) is 0.894. The molecule has 1 aromatic rings. The molecule has 0 fully saturated rings. The van der Waals surface area contributed by atoms with Gasteiger partial charge >= 0.3 is 5.69 Å². The van der Waals surface area contributed by atoms with Crippen LogP contribution in [0.15, 0.2) is 18.2 Å². The van der Waals surface area contributed by atoms with Crippen molar-refractivity contribution in [1.82, 2.24) is 0 Å². The number of ether oxygens (including phenoxy) is 1. The van der Waals surface area contributed by atoms with Crippen molar-refractivity contribution >= 4 is 5.69 Å². The smallest absolute Gasteiger partial charge is 0.311 e. The van der Waals surface area contributed by atoms with Crippen LogP contribution in [0, 0.1) is 17.0 Å². The normalized spacial score (nSPS) is 10.5. The highest BCUT2D eigenvalue weighted by atomic mass is 16.6. The molecule has 0 aliphatic rings. The third-order valence-corrected chi connectivity index (χ3v) is 2.17. The zero-order chi connectivity index (χ0) is 12.1. The van der Waals surface area contributed by atoms with Crippen molar-refractivity contribution in [2.45, 2.75) is 6.92 Å². The Morgan fingerprint density at radius 3 is 2.69 bits per heavy atom. The number of nitro benzene ring substituents is 1. The van der Waals surface area contributed by atoms with Crippen LogP contribution in [0.1, 0.15) is 5.56 Å². The summed E-state index contributed by atoms with van der Waals surface area (Å²) in [4.78, 5) is 11.6. The number of nitro groups is 1. The SMILES string of the molecule is Cc1ccc(OCC[NH+](C)C)c([N+](=O)[O-])c1. The highest BCUT2D eigenvalue weighted by molar-refractivity contribution is 5.48. The van der Waals surface area contributed by atoms with E-state index >= 15 is 0 Å². The monoisotopic (exact) mass is 225 g/mol. The molecule has 1 aromatic carbocycles. The zero-order valence-corrected chi connectivity index (χ0v) is 9.82. The van der Waals surface area contributed by atoms with Crippen molar-refractivity contribution < 1.29 is 14.6 Å². The molecule has 16 heavy (non-hydrogen) atoms. The lowest BCUT2D eigenvalue weighted by Gasteiger charge is -2.09. The van der Waals surface area contributed by atoms with Gasteiger partial charge in [-0.15, -0.1) is 0 Å². The van der Waals surface area contributed by atoms with Crippen molar-refractivity contribution in [3.05, 3.63) is 33.9 Å². The molecular weight excluding hydrogens is 208 g/mol. The molecule has 0 unspecified atom stereocenters. The number of benzene rings is 1. The van der Waals surface area contributed by atoms with Gasteiger partial charge in [0.2, 0.25) is 0 Å². The summed E-state index contributed by atoms with van der Waals surface area (Å²) in [7, 11) is 4.01. The summed E-state index contributed by atoms with van der Waals surface area (Å²) < 4.78 is 5.40. The Balaban J connectivity index is 2.75. The molecule has 1 N–H and O–H groups in total. The van der Waals surface area contributed by atoms with E-state index in [9.17, 15) is 10.1 Å². The lowest BCUT2D eigenvalue weighted by Crippen LogP contribution is -3.06. The van der Waals surface area contributed by atoms with Crippen molar-refractivity contribution in [2.24, 2.45) is 0 Å². The van der Waals surface area contributed by atoms with E-state index < -0.39 is 4.92 Å². The molecule has 0 saturated carbocycles. The maximum absolute atomic E-state index is 10.8. The predicted molar refractivity (Wildman–Crippen MR) is 61.0 cm³/mol. The number of hydrogen-bond acceptors (Lipinski definition) is 3. The van der Waals surface area contributed by atoms with Crippen LogP contribution in [0.4, 0.5) is 5.69 Å². The van der Waals surface area contributed by atoms with Crippen molar-refractivity contribution in [1.29, 1.82) is 0 Å². The van der Waals surface area contributed by atoms with Crippen molar-refractivity contribution in [2.75, 3.05) is 27.2 Å². The molecule has 5 heteroatoms. The fourth-order valence-corrected chi connectivity index (χ4v) is 1.26. The number of nitrogens with zero attached hydrogens (tertiary/aromatic N) is 1. The van der Waals surface area contributed by atoms with E-state index in [4.69, 9.17) is 4.74 Å². The Kier molecular flexibility index (Phi) is 4.25. The van der Waals surface area contributed by atoms with E-state index in [1.165, 1.54) is 11.0 Å². The highest BCUT2D eigenvalue weighted by Crippen LogP contribution is 2.27. The lowest BCUT2D eigenvalue weighted by atomic mass is 10.2. The molecule has 0 aromatic heterocycles. The Morgan fingerprint density at radius 2 is 2.12 bits per heavy atom. The van der Waals surface area contributed by atoms with Crippen molar-refractivity contribution in [3.63, 3.8) is 0 Å². The summed E-state index contributed by atoms with van der Waals surface area (Å²) in [6, 6.07) is 4.99. The molecule has 0 aliphatic carbocycles. The molecule has 5 nitrogen and oxygen atoms in total. The first kappa shape index (κ1) is 12.4. The van der Waals surface area contributed by atoms with Gasteiger partial charge in [0.15, 0.2) is 5.75 Å². The third-order valence-electron chi connectivity index (χ3n) is 2.17. The Hall–Kier alpha value is -1.62. The first-order chi connectivity index (χ1) is 7.50. The van der Waals surface area contributed by atoms with E-state index in [-0.39, 0.29) is 5.69 Å². The molecule has 0 aliphatic heterocycles. The fourth-order valence-electron chi connectivity index (χ4n) is 1.26. The zero-order valence-electron chi connectivity index (χ0n) is 9.82. The minimum Gasteiger partial charge on any atom is -0.481 e. The van der Waals surface area contributed by atoms with E-state index in [1.54, 1.807) is 6.07 Å². The van der Waals surface area contributed by atoms with E-state index in [0.29, 0.717) is 12.4 Å². The van der Waals surface area contributed by atoms with Gasteiger partial charge < -0.3 is 9.64 Å². The van der Waals surface area contributed by atoms with Crippen LogP contribution in [-0.4, -0.2) is 32.2 Å². The minimum atomic E-state index is -0.412. The summed E-state index contributed by atoms with van der Waals surface area (Å²) in [6.07, 6.45) is 0. The van der Waals surface area contributed by atoms with Gasteiger partial charge in [-0.3, -0.25) is 10.1 Å². The van der Waals surface area contributed by atoms with E-state index in [1.807, 2.05) is 27.1 Å². The molecule has 0 spiro atoms. The number of hydrogen-bond donors (Lipinski definition) is 1. The summed E-state index contributed by atoms with van der Waals surface area (Å²) in [5.74, 6) is 0.344. The Morgan fingerprint density at radius 1 is 1.44 bits per heavy atom. The second kappa shape index (κ2) is 5.46. The maximum Gasteiger partial charge on any atom is 0.311 e. The average molecular weight is 225 g/mol. The van der Waals surface area contributed by atoms with Gasteiger partial charge in [0.1, 0.15) is 13.2 Å². The van der Waals surface area contributed by atoms with Gasteiger partial charge in [-0.2, -0.15) is 0 Å². The van der Waals surface area contributed by atoms with Gasteiger partial charge in [0.25, 0.3) is 0 Å². The van der Waals surface area contributed by atoms with Crippen LogP contribution in [0.5, 0.6) is 5.75 Å². The van der Waals surface area contributed by atoms with Crippen LogP contribution < -0.4 is 9.64 Å². The Labute approximate surface area is 94.8 Å². The van der Waals surface area contributed by atoms with Crippen LogP contribution >= 0.6 is 0 Å². The molecule has 0 radical (unpaired) electrons. The molecular formula is C11H17N2O3+. The minimum absolute atomic E-state index is 0.0359. The van der Waals surface area contributed by atoms with E-state index in [0.717, 1.165) is 12.1 Å². The van der Waals surface area contributed by atoms with Crippen molar-refractivity contribution in [3.8, 4) is 5.75 Å². The molecule has 0 atom stereocenters. The number of nitrogens with one attached hydrogen (secondary N) is 1. The summed E-state index contributed by atoms with van der Waals surface area (Å²) >= 11 is 0. The van der Waals surface area contributed by atoms with E-state index in [2.05, 4.69) is 0 Å². The topological polar surface area (TPSA) is 56.8 Å². The van der Waals surface area contributed by atoms with Crippen LogP contribution in [0.2, 0.25) is 0 Å². The summed E-state index contributed by atoms with van der Waals surface area (Å²) in [6.45, 7) is 3.11. The molecule has 0 amide bonds. The molecule has 1 rings (SSSR count). The number of aryl methyl sites for hydroxylation is 1. The predicted octanol–water partition coefficient (Wildman–Crippen LogP) is 0.427. The largest absolute Gasteiger partial charge is 0.481 e. The van der Waals surface area contributed by atoms with Crippen LogP contribution in [0.25, 0.3) is 0 Å². The van der Waals surface area contributed by atoms with Gasteiger partial charge in [0.05, 0.1) is 19.0 Å². The second-order valence-corrected chi connectivity index (χ2v) is 4.03. The molecule has 0 heterocycles. The molecule has 88 valence electrons. The third kappa shape index (κ3) is 3.51. The fraction of sp³-hybridized carbons (Fsp3) is 0.455. The van der Waals surface area contributed by atoms with Gasteiger partial charge in [0, 0.05) is 6.07 Å². The lowest BCUT2D eigenvalue weighted by molar-refractivity contribution is -0.858. The van der Waals surface area contributed by atoms with Crippen LogP contribution in [0.3, 0.4) is 0 Å². The molecule has 0 bridgehead atoms. The maximum atomic E-state index is 10.8. The average Bonchev–Trinajstić information content (AvgIpc) is 2.19. The van der Waals surface area contributed by atoms with Crippen LogP contribution in [-0.2, 0) is 0 Å². The quantitative estimate of drug-likeness (QED) is 0.584. The van der Waals surface area contributed by atoms with Gasteiger partial charge in [-0.1, -0.05) is 6.07 Å². The number of rotatable bonds is 5. The number of likely N-dealkylation sites (N-methyl/N-ethyl adjacent to an activating group) is 1. The first-order valence-electron chi connectivity index (χ1n) is 5.17. The summed E-state index contributed by atoms with van der Waals surface area (Å²) in [5, 5.41) is 10.8.